The molecule has 1 aromatic rings. The smallest absolute Gasteiger partial charge is 0.335 e. The zero-order chi connectivity index (χ0) is 14.7. The number of carboxylic acids is 1. The molecule has 0 aromatic heterocycles. The number of nitrogens with zero attached hydrogens (tertiary/aromatic N) is 1. The fourth-order valence-corrected chi connectivity index (χ4v) is 2.67. The number of anilines is 1. The maximum Gasteiger partial charge on any atom is 0.335 e. The van der Waals surface area contributed by atoms with E-state index in [1.807, 2.05) is 0 Å². The first kappa shape index (κ1) is 14.3. The summed E-state index contributed by atoms with van der Waals surface area (Å²) in [6.07, 6.45) is 4.40. The fraction of sp³-hybridized carbons (Fsp3) is 0.500. The Morgan fingerprint density at radius 1 is 1.40 bits per heavy atom. The van der Waals surface area contributed by atoms with Gasteiger partial charge in [0, 0.05) is 12.1 Å². The third-order valence-corrected chi connectivity index (χ3v) is 3.89. The van der Waals surface area contributed by atoms with E-state index >= 15 is 0 Å². The first-order valence-corrected chi connectivity index (χ1v) is 6.77. The van der Waals surface area contributed by atoms with Crippen LogP contribution in [0.3, 0.4) is 0 Å². The van der Waals surface area contributed by atoms with Crippen LogP contribution in [-0.4, -0.2) is 22.0 Å². The third kappa shape index (κ3) is 3.07. The van der Waals surface area contributed by atoms with Crippen molar-refractivity contribution in [2.45, 2.75) is 38.6 Å². The minimum atomic E-state index is -1.16. The summed E-state index contributed by atoms with van der Waals surface area (Å²) in [5.74, 6) is -0.701. The van der Waals surface area contributed by atoms with Crippen LogP contribution in [-0.2, 0) is 0 Å². The van der Waals surface area contributed by atoms with E-state index < -0.39 is 10.9 Å². The summed E-state index contributed by atoms with van der Waals surface area (Å²) < 4.78 is 0. The maximum atomic E-state index is 11.1. The minimum absolute atomic E-state index is 0.0704. The second-order valence-corrected chi connectivity index (χ2v) is 5.31. The lowest BCUT2D eigenvalue weighted by Crippen LogP contribution is -2.30. The molecule has 1 saturated carbocycles. The topological polar surface area (TPSA) is 92.5 Å². The molecule has 1 aliphatic carbocycles. The lowest BCUT2D eigenvalue weighted by molar-refractivity contribution is -0.384. The van der Waals surface area contributed by atoms with Crippen LogP contribution >= 0.6 is 0 Å². The monoisotopic (exact) mass is 278 g/mol. The predicted octanol–water partition coefficient (Wildman–Crippen LogP) is 3.28. The zero-order valence-corrected chi connectivity index (χ0v) is 11.3. The maximum absolute atomic E-state index is 11.1. The molecule has 1 aliphatic rings. The molecule has 0 aliphatic heterocycles. The minimum Gasteiger partial charge on any atom is -0.478 e. The second kappa shape index (κ2) is 5.90. The van der Waals surface area contributed by atoms with Gasteiger partial charge in [-0.2, -0.15) is 0 Å². The molecular weight excluding hydrogens is 260 g/mol. The molecule has 6 heteroatoms. The van der Waals surface area contributed by atoms with Gasteiger partial charge in [-0.3, -0.25) is 10.1 Å². The molecule has 1 aromatic carbocycles. The van der Waals surface area contributed by atoms with Gasteiger partial charge in [0.25, 0.3) is 5.69 Å². The van der Waals surface area contributed by atoms with Crippen molar-refractivity contribution in [1.29, 1.82) is 0 Å². The van der Waals surface area contributed by atoms with Gasteiger partial charge in [-0.15, -0.1) is 0 Å². The van der Waals surface area contributed by atoms with Gasteiger partial charge >= 0.3 is 5.97 Å². The van der Waals surface area contributed by atoms with Crippen LogP contribution in [0, 0.1) is 16.0 Å². The molecule has 108 valence electrons. The van der Waals surface area contributed by atoms with Gasteiger partial charge in [0.2, 0.25) is 0 Å². The number of aromatic carboxylic acids is 1. The van der Waals surface area contributed by atoms with E-state index in [4.69, 9.17) is 5.11 Å². The fourth-order valence-electron chi connectivity index (χ4n) is 2.67. The Labute approximate surface area is 117 Å². The highest BCUT2D eigenvalue weighted by Gasteiger charge is 2.24. The molecule has 20 heavy (non-hydrogen) atoms. The molecule has 2 unspecified atom stereocenters. The van der Waals surface area contributed by atoms with Crippen molar-refractivity contribution in [3.05, 3.63) is 33.9 Å². The van der Waals surface area contributed by atoms with Gasteiger partial charge in [0.15, 0.2) is 0 Å². The number of nitro groups is 1. The number of carboxylic acid groups (broad SMARTS) is 1. The van der Waals surface area contributed by atoms with Crippen molar-refractivity contribution < 1.29 is 14.8 Å². The Kier molecular flexibility index (Phi) is 4.22. The molecule has 2 atom stereocenters. The first-order valence-electron chi connectivity index (χ1n) is 6.77. The quantitative estimate of drug-likeness (QED) is 0.651. The summed E-state index contributed by atoms with van der Waals surface area (Å²) in [6, 6.07) is 4.20. The van der Waals surface area contributed by atoms with Crippen LogP contribution in [0.15, 0.2) is 18.2 Å². The van der Waals surface area contributed by atoms with Crippen LogP contribution in [0.4, 0.5) is 11.4 Å². The molecular formula is C14H18N2O4. The van der Waals surface area contributed by atoms with Crippen LogP contribution in [0.5, 0.6) is 0 Å². The molecule has 2 rings (SSSR count). The number of carbonyl (C=O) groups is 1. The third-order valence-electron chi connectivity index (χ3n) is 3.89. The van der Waals surface area contributed by atoms with E-state index in [-0.39, 0.29) is 17.3 Å². The van der Waals surface area contributed by atoms with Gasteiger partial charge in [0.1, 0.15) is 5.69 Å². The predicted molar refractivity (Wildman–Crippen MR) is 75.1 cm³/mol. The van der Waals surface area contributed by atoms with Gasteiger partial charge in [-0.05, 0) is 30.9 Å². The summed E-state index contributed by atoms with van der Waals surface area (Å²) in [5.41, 5.74) is 0.153. The van der Waals surface area contributed by atoms with E-state index in [0.717, 1.165) is 25.3 Å². The average molecular weight is 278 g/mol. The van der Waals surface area contributed by atoms with Crippen molar-refractivity contribution in [3.63, 3.8) is 0 Å². The van der Waals surface area contributed by atoms with Crippen LogP contribution in [0.25, 0.3) is 0 Å². The highest BCUT2D eigenvalue weighted by atomic mass is 16.6. The van der Waals surface area contributed by atoms with Gasteiger partial charge in [-0.1, -0.05) is 19.8 Å². The standard InChI is InChI=1S/C14H18N2O4/c1-9-4-2-3-5-11(9)15-12-7-6-10(14(17)18)8-13(12)16(19)20/h6-9,11,15H,2-5H2,1H3,(H,17,18). The van der Waals surface area contributed by atoms with Crippen LogP contribution in [0.1, 0.15) is 43.0 Å². The SMILES string of the molecule is CC1CCCCC1Nc1ccc(C(=O)O)cc1[N+](=O)[O-]. The molecule has 0 spiro atoms. The first-order chi connectivity index (χ1) is 9.49. The van der Waals surface area contributed by atoms with Crippen LogP contribution < -0.4 is 5.32 Å². The number of nitrogens with one attached hydrogen (secondary N) is 1. The summed E-state index contributed by atoms with van der Waals surface area (Å²) in [7, 11) is 0. The summed E-state index contributed by atoms with van der Waals surface area (Å²) >= 11 is 0. The Bertz CT molecular complexity index is 530. The van der Waals surface area contributed by atoms with Crippen molar-refractivity contribution >= 4 is 17.3 Å². The van der Waals surface area contributed by atoms with E-state index in [2.05, 4.69) is 12.2 Å². The van der Waals surface area contributed by atoms with Crippen molar-refractivity contribution in [3.8, 4) is 0 Å². The van der Waals surface area contributed by atoms with Gasteiger partial charge < -0.3 is 10.4 Å². The Hall–Kier alpha value is -2.11. The molecule has 0 amide bonds. The van der Waals surface area contributed by atoms with E-state index in [9.17, 15) is 14.9 Å². The zero-order valence-electron chi connectivity index (χ0n) is 11.3. The van der Waals surface area contributed by atoms with Crippen LogP contribution in [0.2, 0.25) is 0 Å². The molecule has 0 saturated heterocycles. The largest absolute Gasteiger partial charge is 0.478 e. The molecule has 1 fully saturated rings. The second-order valence-electron chi connectivity index (χ2n) is 5.31. The summed E-state index contributed by atoms with van der Waals surface area (Å²) in [5, 5.41) is 23.2. The number of nitro benzene ring substituents is 1. The molecule has 0 heterocycles. The molecule has 2 N–H and O–H groups in total. The molecule has 6 nitrogen and oxygen atoms in total. The van der Waals surface area contributed by atoms with Gasteiger partial charge in [-0.25, -0.2) is 4.79 Å². The lowest BCUT2D eigenvalue weighted by Gasteiger charge is -2.30. The lowest BCUT2D eigenvalue weighted by atomic mass is 9.86. The Morgan fingerprint density at radius 3 is 2.70 bits per heavy atom. The normalized spacial score (nSPS) is 22.2. The number of hydrogen-bond donors (Lipinski definition) is 2. The van der Waals surface area contributed by atoms with E-state index in [0.29, 0.717) is 11.6 Å². The van der Waals surface area contributed by atoms with Gasteiger partial charge in [0.05, 0.1) is 10.5 Å². The van der Waals surface area contributed by atoms with E-state index in [1.54, 1.807) is 0 Å². The average Bonchev–Trinajstić information content (AvgIpc) is 2.41. The van der Waals surface area contributed by atoms with Crippen molar-refractivity contribution in [2.75, 3.05) is 5.32 Å². The van der Waals surface area contributed by atoms with Crippen molar-refractivity contribution in [1.82, 2.24) is 0 Å². The highest BCUT2D eigenvalue weighted by Crippen LogP contribution is 2.31. The van der Waals surface area contributed by atoms with E-state index in [1.165, 1.54) is 18.6 Å². The number of benzene rings is 1. The Morgan fingerprint density at radius 2 is 2.10 bits per heavy atom. The molecule has 0 bridgehead atoms. The molecule has 0 radical (unpaired) electrons. The Balaban J connectivity index is 2.26. The highest BCUT2D eigenvalue weighted by molar-refractivity contribution is 5.89. The number of rotatable bonds is 4. The van der Waals surface area contributed by atoms with Crippen molar-refractivity contribution in [2.24, 2.45) is 5.92 Å². The number of hydrogen-bond acceptors (Lipinski definition) is 4. The summed E-state index contributed by atoms with van der Waals surface area (Å²) in [6.45, 7) is 2.13. The summed E-state index contributed by atoms with van der Waals surface area (Å²) in [4.78, 5) is 21.4.